The molecule has 16 heavy (non-hydrogen) atoms. The maximum atomic E-state index is 12.0. The van der Waals surface area contributed by atoms with Gasteiger partial charge in [0.05, 0.1) is 5.52 Å². The van der Waals surface area contributed by atoms with Gasteiger partial charge < -0.3 is 0 Å². The van der Waals surface area contributed by atoms with Gasteiger partial charge in [-0.25, -0.2) is 4.98 Å². The standard InChI is InChI=1S/C11H7N3OS/c15-10(11-12-5-6-16-11)9-7-3-1-2-4-8(7)13-14-9/h1-6H,(H,13,14). The van der Waals surface area contributed by atoms with E-state index in [9.17, 15) is 4.79 Å². The molecular weight excluding hydrogens is 222 g/mol. The van der Waals surface area contributed by atoms with Gasteiger partial charge in [0, 0.05) is 17.0 Å². The smallest absolute Gasteiger partial charge is 0.242 e. The summed E-state index contributed by atoms with van der Waals surface area (Å²) in [5.74, 6) is -0.132. The van der Waals surface area contributed by atoms with Crippen LogP contribution in [0.1, 0.15) is 15.5 Å². The summed E-state index contributed by atoms with van der Waals surface area (Å²) >= 11 is 1.32. The van der Waals surface area contributed by atoms with E-state index in [0.29, 0.717) is 10.7 Å². The topological polar surface area (TPSA) is 58.6 Å². The van der Waals surface area contributed by atoms with Crippen molar-refractivity contribution in [3.63, 3.8) is 0 Å². The highest BCUT2D eigenvalue weighted by molar-refractivity contribution is 7.11. The summed E-state index contributed by atoms with van der Waals surface area (Å²) in [6, 6.07) is 7.55. The molecule has 3 rings (SSSR count). The van der Waals surface area contributed by atoms with Crippen molar-refractivity contribution in [2.45, 2.75) is 0 Å². The van der Waals surface area contributed by atoms with Crippen molar-refractivity contribution in [3.8, 4) is 0 Å². The molecule has 0 aliphatic heterocycles. The van der Waals surface area contributed by atoms with Crippen LogP contribution < -0.4 is 0 Å². The number of benzene rings is 1. The Morgan fingerprint density at radius 1 is 1.31 bits per heavy atom. The molecule has 0 unspecified atom stereocenters. The fraction of sp³-hybridized carbons (Fsp3) is 0. The van der Waals surface area contributed by atoms with E-state index in [1.807, 2.05) is 24.3 Å². The zero-order chi connectivity index (χ0) is 11.0. The molecule has 0 bridgehead atoms. The van der Waals surface area contributed by atoms with Gasteiger partial charge >= 0.3 is 0 Å². The van der Waals surface area contributed by atoms with E-state index < -0.39 is 0 Å². The SMILES string of the molecule is O=C(c1nccs1)c1n[nH]c2ccccc12. The van der Waals surface area contributed by atoms with E-state index in [1.54, 1.807) is 11.6 Å². The van der Waals surface area contributed by atoms with Crippen molar-refractivity contribution in [2.75, 3.05) is 0 Å². The number of para-hydroxylation sites is 1. The largest absolute Gasteiger partial charge is 0.284 e. The molecule has 5 heteroatoms. The van der Waals surface area contributed by atoms with Crippen molar-refractivity contribution in [2.24, 2.45) is 0 Å². The Morgan fingerprint density at radius 2 is 2.19 bits per heavy atom. The molecule has 2 aromatic heterocycles. The quantitative estimate of drug-likeness (QED) is 0.685. The van der Waals surface area contributed by atoms with Gasteiger partial charge in [0.1, 0.15) is 5.69 Å². The average molecular weight is 229 g/mol. The number of fused-ring (bicyclic) bond motifs is 1. The van der Waals surface area contributed by atoms with E-state index in [2.05, 4.69) is 15.2 Å². The minimum Gasteiger partial charge on any atom is -0.284 e. The summed E-state index contributed by atoms with van der Waals surface area (Å²) in [4.78, 5) is 16.0. The molecule has 0 spiro atoms. The number of thiazole rings is 1. The number of carbonyl (C=O) groups excluding carboxylic acids is 1. The van der Waals surface area contributed by atoms with Gasteiger partial charge in [0.15, 0.2) is 5.01 Å². The molecule has 1 aromatic carbocycles. The van der Waals surface area contributed by atoms with E-state index in [1.165, 1.54) is 11.3 Å². The van der Waals surface area contributed by atoms with Crippen LogP contribution in [0.15, 0.2) is 35.8 Å². The molecule has 3 aromatic rings. The number of hydrogen-bond acceptors (Lipinski definition) is 4. The Hall–Kier alpha value is -2.01. The molecule has 0 radical (unpaired) electrons. The van der Waals surface area contributed by atoms with Gasteiger partial charge in [0.25, 0.3) is 0 Å². The first-order valence-electron chi connectivity index (χ1n) is 4.73. The maximum absolute atomic E-state index is 12.0. The molecule has 0 fully saturated rings. The van der Waals surface area contributed by atoms with Crippen LogP contribution in [0.5, 0.6) is 0 Å². The van der Waals surface area contributed by atoms with E-state index in [0.717, 1.165) is 10.9 Å². The Kier molecular flexibility index (Phi) is 2.04. The summed E-state index contributed by atoms with van der Waals surface area (Å²) in [5, 5.41) is 9.97. The lowest BCUT2D eigenvalue weighted by Gasteiger charge is -1.92. The van der Waals surface area contributed by atoms with Crippen LogP contribution in [-0.4, -0.2) is 21.0 Å². The Bertz CT molecular complexity index is 642. The fourth-order valence-corrected chi connectivity index (χ4v) is 2.15. The second-order valence-electron chi connectivity index (χ2n) is 3.28. The van der Waals surface area contributed by atoms with E-state index >= 15 is 0 Å². The number of nitrogens with one attached hydrogen (secondary N) is 1. The molecule has 2 heterocycles. The molecule has 0 saturated carbocycles. The highest BCUT2D eigenvalue weighted by Crippen LogP contribution is 2.19. The van der Waals surface area contributed by atoms with Gasteiger partial charge in [-0.2, -0.15) is 5.10 Å². The second-order valence-corrected chi connectivity index (χ2v) is 4.18. The minimum atomic E-state index is -0.132. The lowest BCUT2D eigenvalue weighted by molar-refractivity contribution is 0.103. The molecule has 0 aliphatic rings. The molecule has 4 nitrogen and oxygen atoms in total. The Morgan fingerprint density at radius 3 is 3.00 bits per heavy atom. The number of ketones is 1. The normalized spacial score (nSPS) is 10.8. The minimum absolute atomic E-state index is 0.132. The fourth-order valence-electron chi connectivity index (χ4n) is 1.57. The van der Waals surface area contributed by atoms with Crippen molar-refractivity contribution in [3.05, 3.63) is 46.5 Å². The lowest BCUT2D eigenvalue weighted by Crippen LogP contribution is -2.01. The van der Waals surface area contributed by atoms with Crippen molar-refractivity contribution >= 4 is 28.0 Å². The van der Waals surface area contributed by atoms with E-state index in [4.69, 9.17) is 0 Å². The molecule has 0 amide bonds. The van der Waals surface area contributed by atoms with Crippen LogP contribution >= 0.6 is 11.3 Å². The average Bonchev–Trinajstić information content (AvgIpc) is 2.98. The van der Waals surface area contributed by atoms with Crippen LogP contribution in [0.3, 0.4) is 0 Å². The molecule has 0 saturated heterocycles. The van der Waals surface area contributed by atoms with Crippen molar-refractivity contribution in [1.82, 2.24) is 15.2 Å². The second kappa shape index (κ2) is 3.53. The van der Waals surface area contributed by atoms with Crippen LogP contribution in [-0.2, 0) is 0 Å². The van der Waals surface area contributed by atoms with Crippen molar-refractivity contribution in [1.29, 1.82) is 0 Å². The predicted molar refractivity (Wildman–Crippen MR) is 61.6 cm³/mol. The van der Waals surface area contributed by atoms with Crippen LogP contribution in [0.25, 0.3) is 10.9 Å². The van der Waals surface area contributed by atoms with Gasteiger partial charge in [-0.1, -0.05) is 18.2 Å². The predicted octanol–water partition coefficient (Wildman–Crippen LogP) is 2.25. The summed E-state index contributed by atoms with van der Waals surface area (Å²) in [6.45, 7) is 0. The molecule has 1 N–H and O–H groups in total. The van der Waals surface area contributed by atoms with Gasteiger partial charge in [-0.3, -0.25) is 9.89 Å². The van der Waals surface area contributed by atoms with Crippen LogP contribution in [0, 0.1) is 0 Å². The first kappa shape index (κ1) is 9.23. The summed E-state index contributed by atoms with van der Waals surface area (Å²) in [7, 11) is 0. The maximum Gasteiger partial charge on any atom is 0.242 e. The zero-order valence-electron chi connectivity index (χ0n) is 8.18. The zero-order valence-corrected chi connectivity index (χ0v) is 8.99. The van der Waals surface area contributed by atoms with E-state index in [-0.39, 0.29) is 5.78 Å². The number of hydrogen-bond donors (Lipinski definition) is 1. The number of aromatic amines is 1. The number of carbonyl (C=O) groups is 1. The molecular formula is C11H7N3OS. The third kappa shape index (κ3) is 1.33. The third-order valence-corrected chi connectivity index (χ3v) is 3.08. The highest BCUT2D eigenvalue weighted by Gasteiger charge is 2.17. The highest BCUT2D eigenvalue weighted by atomic mass is 32.1. The lowest BCUT2D eigenvalue weighted by atomic mass is 10.1. The number of aromatic nitrogens is 3. The summed E-state index contributed by atoms with van der Waals surface area (Å²) in [5.41, 5.74) is 1.30. The first-order chi connectivity index (χ1) is 7.86. The van der Waals surface area contributed by atoms with Crippen LogP contribution in [0.2, 0.25) is 0 Å². The summed E-state index contributed by atoms with van der Waals surface area (Å²) in [6.07, 6.45) is 1.62. The molecule has 78 valence electrons. The van der Waals surface area contributed by atoms with Gasteiger partial charge in [-0.05, 0) is 6.07 Å². The van der Waals surface area contributed by atoms with Gasteiger partial charge in [0.2, 0.25) is 5.78 Å². The van der Waals surface area contributed by atoms with Gasteiger partial charge in [-0.15, -0.1) is 11.3 Å². The monoisotopic (exact) mass is 229 g/mol. The third-order valence-electron chi connectivity index (χ3n) is 2.31. The number of H-pyrrole nitrogens is 1. The Balaban J connectivity index is 2.16. The number of nitrogens with zero attached hydrogens (tertiary/aromatic N) is 2. The first-order valence-corrected chi connectivity index (χ1v) is 5.61. The molecule has 0 atom stereocenters. The summed E-state index contributed by atoms with van der Waals surface area (Å²) < 4.78 is 0. The van der Waals surface area contributed by atoms with Crippen molar-refractivity contribution < 1.29 is 4.79 Å². The Labute approximate surface area is 95.0 Å². The number of rotatable bonds is 2. The van der Waals surface area contributed by atoms with Crippen LogP contribution in [0.4, 0.5) is 0 Å². The molecule has 0 aliphatic carbocycles.